The molecule has 0 saturated carbocycles. The predicted octanol–water partition coefficient (Wildman–Crippen LogP) is 6.73. The van der Waals surface area contributed by atoms with Crippen LogP contribution in [0.3, 0.4) is 0 Å². The second kappa shape index (κ2) is 12.0. The summed E-state index contributed by atoms with van der Waals surface area (Å²) in [7, 11) is -4.59. The fraction of sp³-hybridized carbons (Fsp3) is 0.500. The van der Waals surface area contributed by atoms with Gasteiger partial charge in [0.05, 0.1) is 6.10 Å². The van der Waals surface area contributed by atoms with Crippen molar-refractivity contribution in [2.45, 2.75) is 84.2 Å². The second-order valence-corrected chi connectivity index (χ2v) is 21.2. The van der Waals surface area contributed by atoms with E-state index in [1.54, 1.807) is 6.08 Å². The predicted molar refractivity (Wildman–Crippen MR) is 155 cm³/mol. The Morgan fingerprint density at radius 1 is 0.829 bits per heavy atom. The summed E-state index contributed by atoms with van der Waals surface area (Å²) in [6.07, 6.45) is 5.12. The highest BCUT2D eigenvalue weighted by Gasteiger charge is 2.51. The molecule has 0 spiro atoms. The number of hydrogen-bond donors (Lipinski definition) is 0. The summed E-state index contributed by atoms with van der Waals surface area (Å²) in [5.74, 6) is 0.0739. The van der Waals surface area contributed by atoms with Crippen molar-refractivity contribution in [3.05, 3.63) is 72.8 Å². The first-order chi connectivity index (χ1) is 16.3. The fourth-order valence-electron chi connectivity index (χ4n) is 4.34. The van der Waals surface area contributed by atoms with E-state index in [4.69, 9.17) is 8.85 Å². The first kappa shape index (κ1) is 29.4. The first-order valence-corrected chi connectivity index (χ1v) is 17.6. The van der Waals surface area contributed by atoms with Crippen molar-refractivity contribution in [1.29, 1.82) is 0 Å². The number of benzene rings is 2. The molecule has 0 radical (unpaired) electrons. The molecule has 0 aliphatic rings. The standard InChI is InChI=1S/C30H46O3Si2/c1-25(17-16-23-31)28(22-24-32-34(8,9)29(2,3)4)33-35(30(5,6)7,26-18-12-10-13-19-26)27-20-14-11-15-21-27/h10-21,23,25,28H,22,24H2,1-9H3/b17-16+/t25-,28-/m1/s1. The minimum atomic E-state index is -2.71. The zero-order valence-electron chi connectivity index (χ0n) is 23.3. The quantitative estimate of drug-likeness (QED) is 0.191. The van der Waals surface area contributed by atoms with Crippen molar-refractivity contribution in [3.8, 4) is 0 Å². The number of carbonyl (C=O) groups is 1. The second-order valence-electron chi connectivity index (χ2n) is 12.1. The maximum atomic E-state index is 11.1. The highest BCUT2D eigenvalue weighted by atomic mass is 28.4. The SMILES string of the molecule is C[C@H](/C=C/C=O)[C@@H](CCO[Si](C)(C)C(C)(C)C)O[Si](c1ccccc1)(c1ccccc1)C(C)(C)C. The largest absolute Gasteiger partial charge is 0.417 e. The van der Waals surface area contributed by atoms with Gasteiger partial charge in [-0.15, -0.1) is 0 Å². The van der Waals surface area contributed by atoms with Crippen molar-refractivity contribution in [2.24, 2.45) is 5.92 Å². The van der Waals surface area contributed by atoms with Crippen LogP contribution in [0.1, 0.15) is 54.9 Å². The normalized spacial score (nSPS) is 15.2. The van der Waals surface area contributed by atoms with Gasteiger partial charge in [0, 0.05) is 6.61 Å². The first-order valence-electron chi connectivity index (χ1n) is 12.8. The third-order valence-corrected chi connectivity index (χ3v) is 17.1. The molecule has 192 valence electrons. The highest BCUT2D eigenvalue weighted by molar-refractivity contribution is 6.99. The molecule has 0 heterocycles. The zero-order chi connectivity index (χ0) is 26.3. The molecule has 0 amide bonds. The molecule has 0 fully saturated rings. The monoisotopic (exact) mass is 510 g/mol. The molecule has 2 aromatic carbocycles. The van der Waals surface area contributed by atoms with Crippen molar-refractivity contribution < 1.29 is 13.6 Å². The van der Waals surface area contributed by atoms with E-state index >= 15 is 0 Å². The van der Waals surface area contributed by atoms with Crippen molar-refractivity contribution >= 4 is 33.3 Å². The van der Waals surface area contributed by atoms with Crippen molar-refractivity contribution in [3.63, 3.8) is 0 Å². The van der Waals surface area contributed by atoms with Gasteiger partial charge in [0.2, 0.25) is 0 Å². The van der Waals surface area contributed by atoms with Gasteiger partial charge >= 0.3 is 0 Å². The lowest BCUT2D eigenvalue weighted by atomic mass is 10.0. The van der Waals surface area contributed by atoms with E-state index in [1.165, 1.54) is 10.4 Å². The third-order valence-electron chi connectivity index (χ3n) is 7.50. The lowest BCUT2D eigenvalue weighted by molar-refractivity contribution is -0.104. The van der Waals surface area contributed by atoms with Crippen LogP contribution in [0.25, 0.3) is 0 Å². The molecular weight excluding hydrogens is 464 g/mol. The molecule has 0 aliphatic carbocycles. The van der Waals surface area contributed by atoms with E-state index in [1.807, 2.05) is 6.08 Å². The summed E-state index contributed by atoms with van der Waals surface area (Å²) in [5, 5.41) is 2.58. The Labute approximate surface area is 216 Å². The van der Waals surface area contributed by atoms with E-state index < -0.39 is 16.6 Å². The van der Waals surface area contributed by atoms with Gasteiger partial charge in [-0.25, -0.2) is 0 Å². The van der Waals surface area contributed by atoms with Crippen LogP contribution in [0.4, 0.5) is 0 Å². The average molecular weight is 511 g/mol. The van der Waals surface area contributed by atoms with Crippen LogP contribution in [0.15, 0.2) is 72.8 Å². The summed E-state index contributed by atoms with van der Waals surface area (Å²) in [5.41, 5.74) is 0. The van der Waals surface area contributed by atoms with Crippen LogP contribution >= 0.6 is 0 Å². The van der Waals surface area contributed by atoms with Crippen LogP contribution in [0.2, 0.25) is 23.2 Å². The van der Waals surface area contributed by atoms with Gasteiger partial charge in [0.15, 0.2) is 8.32 Å². The Morgan fingerprint density at radius 2 is 1.31 bits per heavy atom. The minimum Gasteiger partial charge on any atom is -0.417 e. The molecule has 3 nitrogen and oxygen atoms in total. The molecule has 2 atom stereocenters. The van der Waals surface area contributed by atoms with Crippen LogP contribution in [0.5, 0.6) is 0 Å². The Hall–Kier alpha value is -1.80. The Kier molecular flexibility index (Phi) is 10.1. The molecule has 2 rings (SSSR count). The number of rotatable bonds is 11. The van der Waals surface area contributed by atoms with Gasteiger partial charge in [-0.1, -0.05) is 115 Å². The summed E-state index contributed by atoms with van der Waals surface area (Å²) >= 11 is 0. The maximum Gasteiger partial charge on any atom is 0.261 e. The summed E-state index contributed by atoms with van der Waals surface area (Å²) in [4.78, 5) is 11.1. The van der Waals surface area contributed by atoms with E-state index in [0.717, 1.165) is 12.7 Å². The van der Waals surface area contributed by atoms with Crippen molar-refractivity contribution in [1.82, 2.24) is 0 Å². The molecular formula is C30H46O3Si2. The fourth-order valence-corrected chi connectivity index (χ4v) is 10.2. The Morgan fingerprint density at radius 3 is 1.71 bits per heavy atom. The number of allylic oxidation sites excluding steroid dienone is 1. The summed E-state index contributed by atoms with van der Waals surface area (Å²) in [6, 6.07) is 21.5. The van der Waals surface area contributed by atoms with Gasteiger partial charge in [0.25, 0.3) is 8.32 Å². The van der Waals surface area contributed by atoms with Crippen LogP contribution in [-0.2, 0) is 13.6 Å². The molecule has 2 aromatic rings. The van der Waals surface area contributed by atoms with E-state index in [0.29, 0.717) is 6.61 Å². The number of aldehydes is 1. The topological polar surface area (TPSA) is 35.5 Å². The molecule has 0 bridgehead atoms. The van der Waals surface area contributed by atoms with Crippen molar-refractivity contribution in [2.75, 3.05) is 6.61 Å². The molecule has 0 aliphatic heterocycles. The van der Waals surface area contributed by atoms with Gasteiger partial charge in [-0.3, -0.25) is 4.79 Å². The molecule has 0 unspecified atom stereocenters. The van der Waals surface area contributed by atoms with Gasteiger partial charge in [0.1, 0.15) is 6.29 Å². The third kappa shape index (κ3) is 7.13. The summed E-state index contributed by atoms with van der Waals surface area (Å²) in [6.45, 7) is 21.1. The van der Waals surface area contributed by atoms with Crippen LogP contribution in [-0.4, -0.2) is 35.6 Å². The minimum absolute atomic E-state index is 0.0739. The molecule has 0 N–H and O–H groups in total. The Balaban J connectivity index is 2.55. The lowest BCUT2D eigenvalue weighted by Gasteiger charge is -2.46. The average Bonchev–Trinajstić information content (AvgIpc) is 2.79. The van der Waals surface area contributed by atoms with E-state index in [9.17, 15) is 4.79 Å². The number of hydrogen-bond acceptors (Lipinski definition) is 3. The Bertz CT molecular complexity index is 902. The maximum absolute atomic E-state index is 11.1. The van der Waals surface area contributed by atoms with E-state index in [-0.39, 0.29) is 22.1 Å². The molecule has 35 heavy (non-hydrogen) atoms. The molecule has 0 aromatic heterocycles. The smallest absolute Gasteiger partial charge is 0.261 e. The van der Waals surface area contributed by atoms with Gasteiger partial charge in [-0.05, 0) is 52.0 Å². The highest BCUT2D eigenvalue weighted by Crippen LogP contribution is 2.40. The van der Waals surface area contributed by atoms with E-state index in [2.05, 4.69) is 122 Å². The summed E-state index contributed by atoms with van der Waals surface area (Å²) < 4.78 is 14.0. The number of carbonyl (C=O) groups excluding carboxylic acids is 1. The van der Waals surface area contributed by atoms with Crippen LogP contribution in [0, 0.1) is 5.92 Å². The van der Waals surface area contributed by atoms with Gasteiger partial charge < -0.3 is 8.85 Å². The zero-order valence-corrected chi connectivity index (χ0v) is 25.3. The molecule has 5 heteroatoms. The lowest BCUT2D eigenvalue weighted by Crippen LogP contribution is -2.68. The van der Waals surface area contributed by atoms with Crippen LogP contribution < -0.4 is 10.4 Å². The molecule has 0 saturated heterocycles. The van der Waals surface area contributed by atoms with Gasteiger partial charge in [-0.2, -0.15) is 0 Å².